The van der Waals surface area contributed by atoms with Gasteiger partial charge >= 0.3 is 6.18 Å². The molecule has 0 saturated carbocycles. The summed E-state index contributed by atoms with van der Waals surface area (Å²) in [6, 6.07) is 0. The van der Waals surface area contributed by atoms with Crippen LogP contribution in [0.15, 0.2) is 0 Å². The van der Waals surface area contributed by atoms with Gasteiger partial charge in [0.15, 0.2) is 5.41 Å². The molecule has 3 atom stereocenters. The summed E-state index contributed by atoms with van der Waals surface area (Å²) in [6.45, 7) is 1.37. The van der Waals surface area contributed by atoms with Crippen molar-refractivity contribution in [3.63, 3.8) is 0 Å². The molecule has 1 aliphatic heterocycles. The molecule has 3 unspecified atom stereocenters. The molecule has 1 saturated heterocycles. The lowest BCUT2D eigenvalue weighted by Crippen LogP contribution is -2.53. The van der Waals surface area contributed by atoms with Crippen LogP contribution in [0.3, 0.4) is 0 Å². The number of rotatable bonds is 4. The van der Waals surface area contributed by atoms with Crippen LogP contribution >= 0.6 is 0 Å². The maximum atomic E-state index is 13.0. The smallest absolute Gasteiger partial charge is 0.354 e. The largest absolute Gasteiger partial charge is 0.404 e. The molecule has 0 radical (unpaired) electrons. The second kappa shape index (κ2) is 5.56. The Morgan fingerprint density at radius 2 is 2.17 bits per heavy atom. The first-order valence-electron chi connectivity index (χ1n) is 5.59. The van der Waals surface area contributed by atoms with Gasteiger partial charge in [-0.05, 0) is 19.9 Å². The fraction of sp³-hybridized carbons (Fsp3) is 0.900. The summed E-state index contributed by atoms with van der Waals surface area (Å²) in [5, 5.41) is 4.46. The normalized spacial score (nSPS) is 27.8. The van der Waals surface area contributed by atoms with Crippen molar-refractivity contribution in [2.45, 2.75) is 24.8 Å². The maximum absolute atomic E-state index is 13.0. The quantitative estimate of drug-likeness (QED) is 0.787. The first kappa shape index (κ1) is 15.4. The Morgan fingerprint density at radius 1 is 1.56 bits per heavy atom. The Balaban J connectivity index is 2.71. The molecule has 1 fully saturated rings. The van der Waals surface area contributed by atoms with Crippen molar-refractivity contribution >= 4 is 16.7 Å². The molecule has 0 aromatic carbocycles. The lowest BCUT2D eigenvalue weighted by Gasteiger charge is -2.29. The monoisotopic (exact) mass is 286 g/mol. The van der Waals surface area contributed by atoms with Gasteiger partial charge in [-0.1, -0.05) is 0 Å². The van der Waals surface area contributed by atoms with Gasteiger partial charge in [-0.2, -0.15) is 13.2 Å². The molecule has 0 aliphatic carbocycles. The van der Waals surface area contributed by atoms with E-state index in [-0.39, 0.29) is 24.8 Å². The third-order valence-electron chi connectivity index (χ3n) is 3.25. The predicted molar refractivity (Wildman–Crippen MR) is 62.5 cm³/mol. The van der Waals surface area contributed by atoms with E-state index in [0.717, 1.165) is 0 Å². The van der Waals surface area contributed by atoms with E-state index in [1.807, 2.05) is 0 Å². The molecule has 4 nitrogen and oxygen atoms in total. The van der Waals surface area contributed by atoms with Crippen molar-refractivity contribution in [1.29, 1.82) is 0 Å². The minimum absolute atomic E-state index is 0.0141. The van der Waals surface area contributed by atoms with Gasteiger partial charge in [-0.15, -0.1) is 0 Å². The number of hydrogen-bond acceptors (Lipinski definition) is 3. The van der Waals surface area contributed by atoms with Gasteiger partial charge in [0.1, 0.15) is 0 Å². The number of carbonyl (C=O) groups excluding carboxylic acids is 1. The Labute approximate surface area is 106 Å². The van der Waals surface area contributed by atoms with Crippen LogP contribution in [0.5, 0.6) is 0 Å². The van der Waals surface area contributed by atoms with Gasteiger partial charge in [-0.3, -0.25) is 9.00 Å². The van der Waals surface area contributed by atoms with Gasteiger partial charge in [0.05, 0.1) is 0 Å². The van der Waals surface area contributed by atoms with Crippen molar-refractivity contribution < 1.29 is 22.2 Å². The first-order valence-corrected chi connectivity index (χ1v) is 7.21. The Morgan fingerprint density at radius 3 is 2.56 bits per heavy atom. The van der Waals surface area contributed by atoms with E-state index in [2.05, 4.69) is 10.6 Å². The predicted octanol–water partition coefficient (Wildman–Crippen LogP) is 0.412. The van der Waals surface area contributed by atoms with Crippen LogP contribution in [0.4, 0.5) is 13.2 Å². The van der Waals surface area contributed by atoms with Gasteiger partial charge in [0.2, 0.25) is 5.91 Å². The average molecular weight is 286 g/mol. The number of hydrogen-bond donors (Lipinski definition) is 2. The summed E-state index contributed by atoms with van der Waals surface area (Å²) < 4.78 is 50.0. The number of halogens is 3. The SMILES string of the molecule is CC(CNC(=O)C1(C(F)(F)F)CCNC1)S(C)=O. The van der Waals surface area contributed by atoms with E-state index in [0.29, 0.717) is 0 Å². The zero-order valence-corrected chi connectivity index (χ0v) is 11.1. The minimum atomic E-state index is -4.57. The van der Waals surface area contributed by atoms with E-state index in [1.165, 1.54) is 6.26 Å². The van der Waals surface area contributed by atoms with Gasteiger partial charge in [-0.25, -0.2) is 0 Å². The Hall–Kier alpha value is -0.630. The van der Waals surface area contributed by atoms with Crippen molar-refractivity contribution in [2.24, 2.45) is 5.41 Å². The second-order valence-electron chi connectivity index (χ2n) is 4.53. The highest BCUT2D eigenvalue weighted by Crippen LogP contribution is 2.43. The molecule has 0 bridgehead atoms. The molecule has 1 amide bonds. The highest BCUT2D eigenvalue weighted by atomic mass is 32.2. The van der Waals surface area contributed by atoms with Crippen molar-refractivity contribution in [2.75, 3.05) is 25.9 Å². The number of carbonyl (C=O) groups is 1. The molecule has 1 heterocycles. The lowest BCUT2D eigenvalue weighted by molar-refractivity contribution is -0.215. The minimum Gasteiger partial charge on any atom is -0.354 e. The van der Waals surface area contributed by atoms with Gasteiger partial charge < -0.3 is 10.6 Å². The first-order chi connectivity index (χ1) is 8.21. The summed E-state index contributed by atoms with van der Waals surface area (Å²) in [5.74, 6) is -1.03. The van der Waals surface area contributed by atoms with Crippen molar-refractivity contribution in [1.82, 2.24) is 10.6 Å². The molecule has 1 aliphatic rings. The topological polar surface area (TPSA) is 58.2 Å². The second-order valence-corrected chi connectivity index (χ2v) is 6.33. The zero-order chi connectivity index (χ0) is 14.0. The maximum Gasteiger partial charge on any atom is 0.404 e. The average Bonchev–Trinajstić information content (AvgIpc) is 2.74. The summed E-state index contributed by atoms with van der Waals surface area (Å²) in [5.41, 5.74) is -2.35. The molecule has 0 aromatic rings. The van der Waals surface area contributed by atoms with Crippen molar-refractivity contribution in [3.8, 4) is 0 Å². The van der Waals surface area contributed by atoms with Crippen LogP contribution < -0.4 is 10.6 Å². The van der Waals surface area contributed by atoms with Crippen LogP contribution in [0.1, 0.15) is 13.3 Å². The summed E-state index contributed by atoms with van der Waals surface area (Å²) >= 11 is 0. The molecular formula is C10H17F3N2O2S. The molecule has 2 N–H and O–H groups in total. The van der Waals surface area contributed by atoms with Crippen LogP contribution in [0.2, 0.25) is 0 Å². The van der Waals surface area contributed by atoms with Crippen LogP contribution in [0.25, 0.3) is 0 Å². The highest BCUT2D eigenvalue weighted by molar-refractivity contribution is 7.84. The van der Waals surface area contributed by atoms with E-state index in [9.17, 15) is 22.2 Å². The number of amides is 1. The molecule has 18 heavy (non-hydrogen) atoms. The summed E-state index contributed by atoms with van der Waals surface area (Å²) in [7, 11) is -1.17. The molecular weight excluding hydrogens is 269 g/mol. The van der Waals surface area contributed by atoms with Crippen LogP contribution in [0, 0.1) is 5.41 Å². The third-order valence-corrected chi connectivity index (χ3v) is 4.55. The van der Waals surface area contributed by atoms with Gasteiger partial charge in [0.25, 0.3) is 0 Å². The molecule has 8 heteroatoms. The molecule has 0 aromatic heterocycles. The molecule has 106 valence electrons. The van der Waals surface area contributed by atoms with E-state index >= 15 is 0 Å². The highest BCUT2D eigenvalue weighted by Gasteiger charge is 2.61. The van der Waals surface area contributed by atoms with Crippen LogP contribution in [-0.4, -0.2) is 47.4 Å². The number of nitrogens with one attached hydrogen (secondary N) is 2. The summed E-state index contributed by atoms with van der Waals surface area (Å²) in [4.78, 5) is 11.8. The Bertz CT molecular complexity index is 341. The fourth-order valence-electron chi connectivity index (χ4n) is 1.78. The van der Waals surface area contributed by atoms with Gasteiger partial charge in [0, 0.05) is 35.4 Å². The molecule has 0 spiro atoms. The zero-order valence-electron chi connectivity index (χ0n) is 10.3. The number of alkyl halides is 3. The van der Waals surface area contributed by atoms with E-state index < -0.39 is 34.8 Å². The lowest BCUT2D eigenvalue weighted by atomic mass is 9.85. The fourth-order valence-corrected chi connectivity index (χ4v) is 2.10. The van der Waals surface area contributed by atoms with Crippen molar-refractivity contribution in [3.05, 3.63) is 0 Å². The van der Waals surface area contributed by atoms with E-state index in [1.54, 1.807) is 6.92 Å². The van der Waals surface area contributed by atoms with Crippen LogP contribution in [-0.2, 0) is 15.6 Å². The summed E-state index contributed by atoms with van der Waals surface area (Å²) in [6.07, 6.45) is -3.38. The van der Waals surface area contributed by atoms with E-state index in [4.69, 9.17) is 0 Å². The molecule has 1 rings (SSSR count). The standard InChI is InChI=1S/C10H17F3N2O2S/c1-7(18(2)17)5-15-8(16)9(10(11,12)13)3-4-14-6-9/h7,14H,3-6H2,1-2H3,(H,15,16). The Kier molecular flexibility index (Phi) is 4.77. The third kappa shape index (κ3) is 3.03.